The minimum Gasteiger partial charge on any atom is -0.508 e. The molecule has 11 heteroatoms. The van der Waals surface area contributed by atoms with Crippen LogP contribution in [-0.4, -0.2) is 65.7 Å². The van der Waals surface area contributed by atoms with Gasteiger partial charge in [0.25, 0.3) is 0 Å². The van der Waals surface area contributed by atoms with Gasteiger partial charge in [0.1, 0.15) is 11.3 Å². The highest BCUT2D eigenvalue weighted by Crippen LogP contribution is 2.28. The maximum atomic E-state index is 13.1. The van der Waals surface area contributed by atoms with Gasteiger partial charge in [-0.25, -0.2) is 4.79 Å². The standard InChI is InChI=1S/C27H39NO10/c1-5-8-20(30)35-19-16-34-25(24(37-22(32)10-7-3)23(19)36-21(31)9-6-2)38-26(33)27(4,28)15-17-11-13-18(29)14-12-17/h11-14,19,23-25,29H,5-10,15-16,28H2,1-4H3/t19-,23+,24-,25+,27?/m1/s1. The summed E-state index contributed by atoms with van der Waals surface area (Å²) >= 11 is 0. The predicted octanol–water partition coefficient (Wildman–Crippen LogP) is 2.69. The van der Waals surface area contributed by atoms with E-state index in [-0.39, 0.29) is 38.0 Å². The summed E-state index contributed by atoms with van der Waals surface area (Å²) in [6.45, 7) is 6.59. The number of benzene rings is 1. The molecule has 0 bridgehead atoms. The Morgan fingerprint density at radius 1 is 0.868 bits per heavy atom. The normalized spacial score (nSPS) is 22.6. The SMILES string of the molecule is CCCC(=O)O[C@@H]1[C@@H](OC(=O)CCC)[C@H](OC(=O)C(C)(N)Cc2ccc(O)cc2)OC[C@H]1OC(=O)CCC. The van der Waals surface area contributed by atoms with Crippen LogP contribution < -0.4 is 5.73 Å². The van der Waals surface area contributed by atoms with Gasteiger partial charge in [-0.15, -0.1) is 0 Å². The molecule has 1 heterocycles. The van der Waals surface area contributed by atoms with E-state index in [1.165, 1.54) is 19.1 Å². The first-order valence-corrected chi connectivity index (χ1v) is 13.0. The van der Waals surface area contributed by atoms with Crippen LogP contribution in [0.25, 0.3) is 0 Å². The molecule has 1 fully saturated rings. The summed E-state index contributed by atoms with van der Waals surface area (Å²) in [6, 6.07) is 6.19. The largest absolute Gasteiger partial charge is 0.508 e. The van der Waals surface area contributed by atoms with Gasteiger partial charge in [0.15, 0.2) is 12.2 Å². The number of phenolic OH excluding ortho intramolecular Hbond substituents is 1. The Bertz CT molecular complexity index is 946. The lowest BCUT2D eigenvalue weighted by molar-refractivity contribution is -0.277. The van der Waals surface area contributed by atoms with Crippen molar-refractivity contribution >= 4 is 23.9 Å². The molecule has 1 aliphatic rings. The van der Waals surface area contributed by atoms with Gasteiger partial charge in [-0.3, -0.25) is 14.4 Å². The summed E-state index contributed by atoms with van der Waals surface area (Å²) in [4.78, 5) is 50.3. The van der Waals surface area contributed by atoms with Crippen molar-refractivity contribution in [3.8, 4) is 5.75 Å². The van der Waals surface area contributed by atoms with E-state index in [1.807, 2.05) is 6.92 Å². The van der Waals surface area contributed by atoms with E-state index in [0.29, 0.717) is 24.8 Å². The number of ether oxygens (including phenoxy) is 5. The summed E-state index contributed by atoms with van der Waals surface area (Å²) in [6.07, 6.45) is -3.32. The van der Waals surface area contributed by atoms with Crippen LogP contribution in [0.5, 0.6) is 5.75 Å². The van der Waals surface area contributed by atoms with E-state index < -0.39 is 54.0 Å². The van der Waals surface area contributed by atoms with Gasteiger partial charge >= 0.3 is 23.9 Å². The first-order valence-electron chi connectivity index (χ1n) is 13.0. The van der Waals surface area contributed by atoms with Crippen LogP contribution in [0.4, 0.5) is 0 Å². The van der Waals surface area contributed by atoms with E-state index in [4.69, 9.17) is 29.4 Å². The first-order chi connectivity index (χ1) is 18.0. The van der Waals surface area contributed by atoms with E-state index in [0.717, 1.165) is 0 Å². The molecule has 0 aliphatic carbocycles. The Balaban J connectivity index is 2.30. The second-order valence-corrected chi connectivity index (χ2v) is 9.55. The zero-order valence-electron chi connectivity index (χ0n) is 22.5. The molecule has 38 heavy (non-hydrogen) atoms. The van der Waals surface area contributed by atoms with Crippen LogP contribution in [0, 0.1) is 0 Å². The highest BCUT2D eigenvalue weighted by atomic mass is 16.7. The fourth-order valence-corrected chi connectivity index (χ4v) is 3.83. The Morgan fingerprint density at radius 3 is 1.89 bits per heavy atom. The topological polar surface area (TPSA) is 161 Å². The van der Waals surface area contributed by atoms with Gasteiger partial charge in [0.05, 0.1) is 6.61 Å². The molecule has 212 valence electrons. The van der Waals surface area contributed by atoms with Crippen molar-refractivity contribution in [3.05, 3.63) is 29.8 Å². The molecular weight excluding hydrogens is 498 g/mol. The summed E-state index contributed by atoms with van der Waals surface area (Å²) in [7, 11) is 0. The fourth-order valence-electron chi connectivity index (χ4n) is 3.83. The number of nitrogens with two attached hydrogens (primary N) is 1. The number of carbonyl (C=O) groups is 4. The molecule has 1 aliphatic heterocycles. The number of hydrogen-bond donors (Lipinski definition) is 2. The van der Waals surface area contributed by atoms with Crippen LogP contribution in [0.2, 0.25) is 0 Å². The van der Waals surface area contributed by atoms with Crippen LogP contribution in [0.15, 0.2) is 24.3 Å². The molecule has 1 unspecified atom stereocenters. The Morgan fingerprint density at radius 2 is 1.37 bits per heavy atom. The maximum absolute atomic E-state index is 13.1. The van der Waals surface area contributed by atoms with Crippen LogP contribution >= 0.6 is 0 Å². The minimum atomic E-state index is -1.52. The molecule has 1 saturated heterocycles. The summed E-state index contributed by atoms with van der Waals surface area (Å²) < 4.78 is 27.9. The molecule has 2 rings (SSSR count). The molecule has 0 spiro atoms. The number of aromatic hydroxyl groups is 1. The van der Waals surface area contributed by atoms with Gasteiger partial charge in [-0.1, -0.05) is 32.9 Å². The van der Waals surface area contributed by atoms with Gasteiger partial charge < -0.3 is 34.5 Å². The second-order valence-electron chi connectivity index (χ2n) is 9.55. The average molecular weight is 538 g/mol. The molecule has 0 aromatic heterocycles. The smallest absolute Gasteiger partial charge is 0.328 e. The van der Waals surface area contributed by atoms with Crippen molar-refractivity contribution in [3.63, 3.8) is 0 Å². The number of rotatable bonds is 13. The Hall–Kier alpha value is -3.18. The average Bonchev–Trinajstić information content (AvgIpc) is 2.84. The second kappa shape index (κ2) is 14.7. The van der Waals surface area contributed by atoms with E-state index in [2.05, 4.69) is 0 Å². The van der Waals surface area contributed by atoms with E-state index >= 15 is 0 Å². The third-order valence-corrected chi connectivity index (χ3v) is 5.76. The summed E-state index contributed by atoms with van der Waals surface area (Å²) in [5.74, 6) is -2.53. The van der Waals surface area contributed by atoms with Crippen LogP contribution in [0.3, 0.4) is 0 Å². The number of hydrogen-bond acceptors (Lipinski definition) is 11. The maximum Gasteiger partial charge on any atom is 0.328 e. The predicted molar refractivity (Wildman–Crippen MR) is 135 cm³/mol. The van der Waals surface area contributed by atoms with Crippen LogP contribution in [-0.2, 0) is 49.3 Å². The third kappa shape index (κ3) is 9.29. The molecule has 0 amide bonds. The van der Waals surface area contributed by atoms with Crippen molar-refractivity contribution in [2.24, 2.45) is 5.73 Å². The van der Waals surface area contributed by atoms with Crippen molar-refractivity contribution < 1.29 is 48.0 Å². The van der Waals surface area contributed by atoms with E-state index in [1.54, 1.807) is 26.0 Å². The first kappa shape index (κ1) is 31.0. The van der Waals surface area contributed by atoms with Crippen molar-refractivity contribution in [1.82, 2.24) is 0 Å². The molecule has 5 atom stereocenters. The monoisotopic (exact) mass is 537 g/mol. The number of esters is 4. The lowest BCUT2D eigenvalue weighted by Crippen LogP contribution is -2.60. The molecule has 1 aromatic carbocycles. The highest BCUT2D eigenvalue weighted by Gasteiger charge is 2.50. The molecule has 0 saturated carbocycles. The molecule has 1 aromatic rings. The van der Waals surface area contributed by atoms with Gasteiger partial charge in [-0.05, 0) is 43.9 Å². The molecule has 0 radical (unpaired) electrons. The van der Waals surface area contributed by atoms with Gasteiger partial charge in [0, 0.05) is 25.7 Å². The quantitative estimate of drug-likeness (QED) is 0.281. The van der Waals surface area contributed by atoms with E-state index in [9.17, 15) is 24.3 Å². The number of carbonyl (C=O) groups excluding carboxylic acids is 4. The Kier molecular flexibility index (Phi) is 12.0. The zero-order chi connectivity index (χ0) is 28.3. The minimum absolute atomic E-state index is 0.0581. The van der Waals surface area contributed by atoms with Crippen molar-refractivity contribution in [2.45, 2.75) is 103 Å². The fraction of sp³-hybridized carbons (Fsp3) is 0.630. The third-order valence-electron chi connectivity index (χ3n) is 5.76. The van der Waals surface area contributed by atoms with Gasteiger partial charge in [-0.2, -0.15) is 0 Å². The van der Waals surface area contributed by atoms with Gasteiger partial charge in [0.2, 0.25) is 12.4 Å². The lowest BCUT2D eigenvalue weighted by Gasteiger charge is -2.40. The van der Waals surface area contributed by atoms with Crippen LogP contribution in [0.1, 0.15) is 71.8 Å². The number of phenols is 1. The van der Waals surface area contributed by atoms with Crippen molar-refractivity contribution in [2.75, 3.05) is 6.61 Å². The molecule has 3 N–H and O–H groups in total. The Labute approximate surface area is 222 Å². The zero-order valence-corrected chi connectivity index (χ0v) is 22.5. The lowest BCUT2D eigenvalue weighted by atomic mass is 9.94. The summed E-state index contributed by atoms with van der Waals surface area (Å²) in [5.41, 5.74) is 5.43. The molecular formula is C27H39NO10. The summed E-state index contributed by atoms with van der Waals surface area (Å²) in [5, 5.41) is 9.50. The van der Waals surface area contributed by atoms with Crippen molar-refractivity contribution in [1.29, 1.82) is 0 Å². The molecule has 11 nitrogen and oxygen atoms in total. The highest BCUT2D eigenvalue weighted by molar-refractivity contribution is 5.80.